The molecule has 0 spiro atoms. The van der Waals surface area contributed by atoms with Crippen molar-refractivity contribution >= 4 is 68.3 Å². The Labute approximate surface area is 179 Å². The molecule has 0 rings (SSSR count). The molecule has 0 bridgehead atoms. The third-order valence-corrected chi connectivity index (χ3v) is 0. The van der Waals surface area contributed by atoms with Gasteiger partial charge in [-0.1, -0.05) is 0 Å². The Balaban J connectivity index is -0.00000000750. The van der Waals surface area contributed by atoms with Crippen LogP contribution in [0.4, 0.5) is 0 Å². The molecule has 0 atom stereocenters. The summed E-state index contributed by atoms with van der Waals surface area (Å²) >= 11 is 0. The second-order valence-electron chi connectivity index (χ2n) is 0.250. The summed E-state index contributed by atoms with van der Waals surface area (Å²) in [6, 6.07) is 0. The van der Waals surface area contributed by atoms with Gasteiger partial charge in [-0.15, -0.1) is 0 Å². The van der Waals surface area contributed by atoms with Gasteiger partial charge >= 0.3 is 162 Å². The van der Waals surface area contributed by atoms with Gasteiger partial charge in [0.25, 0.3) is 0 Å². The van der Waals surface area contributed by atoms with E-state index in [2.05, 4.69) is 0 Å². The predicted molar refractivity (Wildman–Crippen MR) is 20.7 cm³/mol. The molecule has 0 unspecified atom stereocenters. The first-order valence-electron chi connectivity index (χ1n) is 0.612. The minimum atomic E-state index is -3.63. The van der Waals surface area contributed by atoms with Crippen molar-refractivity contribution < 1.29 is 117 Å². The van der Waals surface area contributed by atoms with Gasteiger partial charge in [0.15, 0.2) is 0 Å². The van der Waals surface area contributed by atoms with E-state index >= 15 is 0 Å². The Morgan fingerprint density at radius 1 is 1.00 bits per heavy atom. The molecular formula is H2K2Na2O3Si. The summed E-state index contributed by atoms with van der Waals surface area (Å²) in [5.41, 5.74) is 0. The second-order valence-corrected chi connectivity index (χ2v) is 0.750. The fraction of sp³-hybridized carbons (Fsp3) is 0. The summed E-state index contributed by atoms with van der Waals surface area (Å²) in [5, 5.41) is 0. The zero-order valence-corrected chi connectivity index (χ0v) is 11.0. The van der Waals surface area contributed by atoms with Crippen molar-refractivity contribution in [3.05, 3.63) is 0 Å². The van der Waals surface area contributed by atoms with Crippen LogP contribution in [0.25, 0.3) is 0 Å². The summed E-state index contributed by atoms with van der Waals surface area (Å²) < 4.78 is 8.52. The van der Waals surface area contributed by atoms with Crippen LogP contribution in [0.3, 0.4) is 0 Å². The number of hydrogen-bond donors (Lipinski definition) is 0. The fourth-order valence-corrected chi connectivity index (χ4v) is 0. The first-order valence-corrected chi connectivity index (χ1v) is 1.84. The van der Waals surface area contributed by atoms with Gasteiger partial charge in [0, 0.05) is 9.17 Å². The van der Waals surface area contributed by atoms with Crippen LogP contribution in [0.2, 0.25) is 0 Å². The van der Waals surface area contributed by atoms with E-state index in [1.54, 1.807) is 0 Å². The van der Waals surface area contributed by atoms with E-state index in [9.17, 15) is 0 Å². The molecule has 0 aliphatic rings. The molecule has 0 amide bonds. The zero-order valence-electron chi connectivity index (χ0n) is 3.72. The van der Waals surface area contributed by atoms with E-state index < -0.39 is 9.17 Å². The van der Waals surface area contributed by atoms with Crippen molar-refractivity contribution in [1.29, 1.82) is 0 Å². The fourth-order valence-electron chi connectivity index (χ4n) is 0. The van der Waals surface area contributed by atoms with Crippen molar-refractivity contribution in [1.82, 2.24) is 0 Å². The van der Waals surface area contributed by atoms with Crippen LogP contribution in [-0.2, 0) is 4.46 Å². The van der Waals surface area contributed by atoms with Crippen molar-refractivity contribution in [3.8, 4) is 0 Å². The molecule has 8 heteroatoms. The second kappa shape index (κ2) is 22.7. The molecule has 0 aromatic carbocycles. The monoisotopic (exact) mass is 202 g/mol. The normalized spacial score (nSPS) is 3.00. The molecule has 0 aliphatic carbocycles. The van der Waals surface area contributed by atoms with Gasteiger partial charge in [0.1, 0.15) is 0 Å². The first kappa shape index (κ1) is 29.3. The average molecular weight is 202 g/mol. The predicted octanol–water partition coefficient (Wildman–Crippen LogP) is -10.2. The Morgan fingerprint density at radius 2 is 1.00 bits per heavy atom. The SMILES string of the molecule is O=[Si]([O-])[O-].[K+].[K+].[NaH].[NaH]. The minimum absolute atomic E-state index is 0. The Kier molecular flexibility index (Phi) is 82.9. The Hall–Kier alpha value is 4.89. The summed E-state index contributed by atoms with van der Waals surface area (Å²) in [6.45, 7) is 0. The molecule has 8 heavy (non-hydrogen) atoms. The van der Waals surface area contributed by atoms with Gasteiger partial charge in [-0.05, 0) is 0 Å². The molecule has 3 nitrogen and oxygen atoms in total. The van der Waals surface area contributed by atoms with E-state index in [1.807, 2.05) is 0 Å². The molecule has 0 radical (unpaired) electrons. The topological polar surface area (TPSA) is 63.2 Å². The molecule has 0 aromatic rings. The molecule has 0 aromatic heterocycles. The molecule has 0 fully saturated rings. The van der Waals surface area contributed by atoms with E-state index in [4.69, 9.17) is 14.1 Å². The van der Waals surface area contributed by atoms with Gasteiger partial charge in [-0.3, -0.25) is 0 Å². The van der Waals surface area contributed by atoms with Crippen LogP contribution in [0, 0.1) is 0 Å². The molecule has 0 N–H and O–H groups in total. The van der Waals surface area contributed by atoms with E-state index in [0.717, 1.165) is 0 Å². The van der Waals surface area contributed by atoms with Crippen LogP contribution in [0.5, 0.6) is 0 Å². The maximum absolute atomic E-state index is 8.52. The number of rotatable bonds is 0. The summed E-state index contributed by atoms with van der Waals surface area (Å²) in [4.78, 5) is 17.0. The first-order chi connectivity index (χ1) is 1.73. The van der Waals surface area contributed by atoms with Crippen molar-refractivity contribution in [2.24, 2.45) is 0 Å². The quantitative estimate of drug-likeness (QED) is 0.366. The van der Waals surface area contributed by atoms with Gasteiger partial charge in [0.2, 0.25) is 0 Å². The zero-order chi connectivity index (χ0) is 3.58. The van der Waals surface area contributed by atoms with Crippen molar-refractivity contribution in [2.75, 3.05) is 0 Å². The van der Waals surface area contributed by atoms with Crippen LogP contribution < -0.4 is 112 Å². The Bertz CT molecular complexity index is 38.3. The molecule has 0 saturated carbocycles. The summed E-state index contributed by atoms with van der Waals surface area (Å²) in [6.07, 6.45) is 0. The molecule has 0 aliphatic heterocycles. The average Bonchev–Trinajstić information content (AvgIpc) is 0.811. The van der Waals surface area contributed by atoms with E-state index in [-0.39, 0.29) is 162 Å². The van der Waals surface area contributed by atoms with Gasteiger partial charge in [-0.25, -0.2) is 0 Å². The number of hydrogen-bond acceptors (Lipinski definition) is 3. The summed E-state index contributed by atoms with van der Waals surface area (Å²) in [5.74, 6) is 0. The van der Waals surface area contributed by atoms with Gasteiger partial charge in [-0.2, -0.15) is 0 Å². The van der Waals surface area contributed by atoms with Crippen LogP contribution in [0.15, 0.2) is 0 Å². The van der Waals surface area contributed by atoms with E-state index in [0.29, 0.717) is 0 Å². The standard InChI is InChI=1S/2K.2Na.O3Si.2H/c;;;;1-4(2)3;;/q2*+1;;;-2;;. The third kappa shape index (κ3) is 44.5. The molecule has 28 valence electrons. The van der Waals surface area contributed by atoms with Crippen LogP contribution in [-0.4, -0.2) is 68.3 Å². The molecule has 0 heterocycles. The van der Waals surface area contributed by atoms with E-state index in [1.165, 1.54) is 0 Å². The van der Waals surface area contributed by atoms with Crippen LogP contribution >= 0.6 is 0 Å². The van der Waals surface area contributed by atoms with Crippen molar-refractivity contribution in [3.63, 3.8) is 0 Å². The molecular weight excluding hydrogens is 200 g/mol. The van der Waals surface area contributed by atoms with Crippen molar-refractivity contribution in [2.45, 2.75) is 0 Å². The van der Waals surface area contributed by atoms with Crippen LogP contribution in [0.1, 0.15) is 0 Å². The maximum atomic E-state index is 8.52. The summed E-state index contributed by atoms with van der Waals surface area (Å²) in [7, 11) is -3.63. The van der Waals surface area contributed by atoms with Gasteiger partial charge < -0.3 is 14.1 Å². The Morgan fingerprint density at radius 3 is 1.00 bits per heavy atom. The third-order valence-electron chi connectivity index (χ3n) is 0. The van der Waals surface area contributed by atoms with Gasteiger partial charge in [0.05, 0.1) is 0 Å². The molecule has 0 saturated heterocycles.